The molecule has 0 aliphatic heterocycles. The number of hydrogen-bond acceptors (Lipinski definition) is 3. The van der Waals surface area contributed by atoms with Crippen molar-refractivity contribution in [2.75, 3.05) is 10.6 Å². The largest absolute Gasteiger partial charge is 0.326 e. The Kier molecular flexibility index (Phi) is 4.38. The molecule has 0 unspecified atom stereocenters. The Hall–Kier alpha value is -3.41. The number of rotatable bonds is 4. The zero-order chi connectivity index (χ0) is 16.9. The molecule has 3 aromatic rings. The second-order valence-corrected chi connectivity index (χ2v) is 5.20. The Morgan fingerprint density at radius 3 is 2.67 bits per heavy atom. The summed E-state index contributed by atoms with van der Waals surface area (Å²) in [6.45, 7) is 1.43. The summed E-state index contributed by atoms with van der Waals surface area (Å²) in [4.78, 5) is 27.4. The molecule has 2 amide bonds. The zero-order valence-electron chi connectivity index (χ0n) is 13.1. The highest BCUT2D eigenvalue weighted by atomic mass is 16.2. The fraction of sp³-hybridized carbons (Fsp3) is 0.0556. The van der Waals surface area contributed by atoms with Gasteiger partial charge in [-0.15, -0.1) is 0 Å². The van der Waals surface area contributed by atoms with Crippen molar-refractivity contribution in [1.82, 2.24) is 9.38 Å². The molecular formula is C18H16N4O2. The second-order valence-electron chi connectivity index (χ2n) is 5.20. The van der Waals surface area contributed by atoms with Crippen molar-refractivity contribution < 1.29 is 9.59 Å². The van der Waals surface area contributed by atoms with Gasteiger partial charge in [-0.3, -0.25) is 9.59 Å². The van der Waals surface area contributed by atoms with E-state index in [0.717, 1.165) is 11.3 Å². The van der Waals surface area contributed by atoms with E-state index in [4.69, 9.17) is 0 Å². The molecule has 2 N–H and O–H groups in total. The number of hydrogen-bond donors (Lipinski definition) is 2. The third-order valence-corrected chi connectivity index (χ3v) is 3.30. The lowest BCUT2D eigenvalue weighted by molar-refractivity contribution is -0.114. The van der Waals surface area contributed by atoms with Gasteiger partial charge in [0.2, 0.25) is 11.8 Å². The average molecular weight is 320 g/mol. The number of pyridine rings is 1. The minimum absolute atomic E-state index is 0.161. The molecule has 2 heterocycles. The predicted molar refractivity (Wildman–Crippen MR) is 93.6 cm³/mol. The molecule has 0 saturated heterocycles. The Morgan fingerprint density at radius 2 is 1.88 bits per heavy atom. The number of aromatic nitrogens is 2. The first-order valence-corrected chi connectivity index (χ1v) is 7.40. The monoisotopic (exact) mass is 320 g/mol. The van der Waals surface area contributed by atoms with Crippen molar-refractivity contribution in [3.8, 4) is 0 Å². The summed E-state index contributed by atoms with van der Waals surface area (Å²) in [5.74, 6) is -0.424. The number of nitrogens with zero attached hydrogens (tertiary/aromatic N) is 2. The van der Waals surface area contributed by atoms with E-state index in [0.29, 0.717) is 11.4 Å². The maximum atomic E-state index is 12.1. The summed E-state index contributed by atoms with van der Waals surface area (Å²) in [5, 5.41) is 5.43. The third-order valence-electron chi connectivity index (χ3n) is 3.30. The highest BCUT2D eigenvalue weighted by molar-refractivity contribution is 6.02. The molecule has 0 bridgehead atoms. The van der Waals surface area contributed by atoms with E-state index in [1.54, 1.807) is 36.5 Å². The summed E-state index contributed by atoms with van der Waals surface area (Å²) < 4.78 is 1.89. The predicted octanol–water partition coefficient (Wildman–Crippen LogP) is 2.94. The first-order chi connectivity index (χ1) is 11.6. The summed E-state index contributed by atoms with van der Waals surface area (Å²) in [6.07, 6.45) is 6.74. The van der Waals surface area contributed by atoms with Crippen molar-refractivity contribution in [2.45, 2.75) is 6.92 Å². The molecule has 0 radical (unpaired) electrons. The average Bonchev–Trinajstić information content (AvgIpc) is 2.96. The van der Waals surface area contributed by atoms with Gasteiger partial charge >= 0.3 is 0 Å². The summed E-state index contributed by atoms with van der Waals surface area (Å²) >= 11 is 0. The van der Waals surface area contributed by atoms with Crippen molar-refractivity contribution in [3.63, 3.8) is 0 Å². The number of amides is 2. The molecule has 0 aliphatic carbocycles. The van der Waals surface area contributed by atoms with Gasteiger partial charge in [-0.2, -0.15) is 0 Å². The van der Waals surface area contributed by atoms with Gasteiger partial charge < -0.3 is 15.0 Å². The molecule has 2 aromatic heterocycles. The van der Waals surface area contributed by atoms with E-state index in [9.17, 15) is 9.59 Å². The third kappa shape index (κ3) is 3.67. The molecule has 0 saturated carbocycles. The normalized spacial score (nSPS) is 10.9. The highest BCUT2D eigenvalue weighted by Crippen LogP contribution is 2.15. The van der Waals surface area contributed by atoms with E-state index in [2.05, 4.69) is 15.6 Å². The topological polar surface area (TPSA) is 75.5 Å². The molecular weight excluding hydrogens is 304 g/mol. The fourth-order valence-electron chi connectivity index (χ4n) is 2.30. The number of imidazole rings is 1. The maximum Gasteiger partial charge on any atom is 0.248 e. The number of carbonyl (C=O) groups is 2. The number of benzene rings is 1. The van der Waals surface area contributed by atoms with Gasteiger partial charge in [-0.05, 0) is 36.4 Å². The number of anilines is 2. The zero-order valence-corrected chi connectivity index (χ0v) is 13.1. The summed E-state index contributed by atoms with van der Waals surface area (Å²) in [7, 11) is 0. The van der Waals surface area contributed by atoms with Crippen molar-refractivity contribution >= 4 is 34.9 Å². The van der Waals surface area contributed by atoms with Crippen LogP contribution in [0.3, 0.4) is 0 Å². The highest BCUT2D eigenvalue weighted by Gasteiger charge is 2.02. The van der Waals surface area contributed by atoms with E-state index >= 15 is 0 Å². The lowest BCUT2D eigenvalue weighted by Gasteiger charge is -2.06. The van der Waals surface area contributed by atoms with Crippen LogP contribution in [0, 0.1) is 0 Å². The van der Waals surface area contributed by atoms with Gasteiger partial charge in [0.15, 0.2) is 0 Å². The standard InChI is InChI=1S/C18H16N4O2/c1-13(23)20-14-5-4-6-15(11-14)21-18(24)9-8-16-12-19-17-7-2-3-10-22(16)17/h2-12H,1H3,(H,20,23)(H,21,24)/b9-8+. The van der Waals surface area contributed by atoms with Crippen LogP contribution in [0.4, 0.5) is 11.4 Å². The first kappa shape index (κ1) is 15.5. The lowest BCUT2D eigenvalue weighted by Crippen LogP contribution is -2.09. The van der Waals surface area contributed by atoms with Gasteiger partial charge in [0.25, 0.3) is 0 Å². The molecule has 1 aromatic carbocycles. The molecule has 0 atom stereocenters. The van der Waals surface area contributed by atoms with Gasteiger partial charge in [0.1, 0.15) is 5.65 Å². The molecule has 0 spiro atoms. The smallest absolute Gasteiger partial charge is 0.248 e. The molecule has 3 rings (SSSR count). The van der Waals surface area contributed by atoms with Crippen molar-refractivity contribution in [1.29, 1.82) is 0 Å². The SMILES string of the molecule is CC(=O)Nc1cccc(NC(=O)/C=C/c2cnc3ccccn23)c1. The van der Waals surface area contributed by atoms with Crippen molar-refractivity contribution in [2.24, 2.45) is 0 Å². The van der Waals surface area contributed by atoms with Crippen LogP contribution in [0.25, 0.3) is 11.7 Å². The molecule has 6 heteroatoms. The van der Waals surface area contributed by atoms with Gasteiger partial charge in [-0.25, -0.2) is 4.98 Å². The van der Waals surface area contributed by atoms with Crippen LogP contribution in [0.5, 0.6) is 0 Å². The van der Waals surface area contributed by atoms with E-state index in [1.165, 1.54) is 13.0 Å². The first-order valence-electron chi connectivity index (χ1n) is 7.40. The summed E-state index contributed by atoms with van der Waals surface area (Å²) in [6, 6.07) is 12.7. The molecule has 0 fully saturated rings. The second kappa shape index (κ2) is 6.78. The molecule has 6 nitrogen and oxygen atoms in total. The Labute approximate surface area is 138 Å². The van der Waals surface area contributed by atoms with Gasteiger partial charge in [-0.1, -0.05) is 12.1 Å². The number of nitrogens with one attached hydrogen (secondary N) is 2. The van der Waals surface area contributed by atoms with Crippen LogP contribution in [-0.4, -0.2) is 21.2 Å². The van der Waals surface area contributed by atoms with Crippen LogP contribution in [0.2, 0.25) is 0 Å². The maximum absolute atomic E-state index is 12.1. The van der Waals surface area contributed by atoms with E-state index in [1.807, 2.05) is 28.8 Å². The van der Waals surface area contributed by atoms with Gasteiger partial charge in [0, 0.05) is 30.6 Å². The number of fused-ring (bicyclic) bond motifs is 1. The minimum atomic E-state index is -0.263. The lowest BCUT2D eigenvalue weighted by atomic mass is 10.2. The van der Waals surface area contributed by atoms with E-state index in [-0.39, 0.29) is 11.8 Å². The van der Waals surface area contributed by atoms with Crippen molar-refractivity contribution in [3.05, 3.63) is 66.6 Å². The van der Waals surface area contributed by atoms with Crippen LogP contribution in [-0.2, 0) is 9.59 Å². The quantitative estimate of drug-likeness (QED) is 0.726. The van der Waals surface area contributed by atoms with Crippen LogP contribution in [0.15, 0.2) is 60.9 Å². The molecule has 120 valence electrons. The Balaban J connectivity index is 1.70. The molecule has 24 heavy (non-hydrogen) atoms. The van der Waals surface area contributed by atoms with Crippen LogP contribution >= 0.6 is 0 Å². The van der Waals surface area contributed by atoms with Crippen LogP contribution in [0.1, 0.15) is 12.6 Å². The van der Waals surface area contributed by atoms with Gasteiger partial charge in [0.05, 0.1) is 11.9 Å². The summed E-state index contributed by atoms with van der Waals surface area (Å²) in [5.41, 5.74) is 2.87. The molecule has 0 aliphatic rings. The van der Waals surface area contributed by atoms with Crippen LogP contribution < -0.4 is 10.6 Å². The number of carbonyl (C=O) groups excluding carboxylic acids is 2. The minimum Gasteiger partial charge on any atom is -0.326 e. The van der Waals surface area contributed by atoms with E-state index < -0.39 is 0 Å². The Bertz CT molecular complexity index is 927. The fourth-order valence-corrected chi connectivity index (χ4v) is 2.30. The Morgan fingerprint density at radius 1 is 1.08 bits per heavy atom.